The Hall–Kier alpha value is -0.580. The molecule has 16 heavy (non-hydrogen) atoms. The van der Waals surface area contributed by atoms with E-state index in [1.54, 1.807) is 12.3 Å². The molecule has 0 aliphatic carbocycles. The molecule has 0 radical (unpaired) electrons. The SMILES string of the molecule is Clc1cnc(Nc2ccc(Br)cc2)c(Br)c1. The van der Waals surface area contributed by atoms with E-state index in [4.69, 9.17) is 11.6 Å². The minimum absolute atomic E-state index is 0.605. The number of aromatic nitrogens is 1. The Morgan fingerprint density at radius 2 is 1.81 bits per heavy atom. The quantitative estimate of drug-likeness (QED) is 0.813. The summed E-state index contributed by atoms with van der Waals surface area (Å²) in [6, 6.07) is 9.66. The first-order valence-corrected chi connectivity index (χ1v) is 6.45. The molecule has 1 aromatic heterocycles. The molecule has 0 bridgehead atoms. The molecule has 82 valence electrons. The number of anilines is 2. The lowest BCUT2D eigenvalue weighted by molar-refractivity contribution is 1.29. The van der Waals surface area contributed by atoms with Gasteiger partial charge < -0.3 is 5.32 Å². The lowest BCUT2D eigenvalue weighted by atomic mass is 10.3. The zero-order valence-corrected chi connectivity index (χ0v) is 12.0. The second kappa shape index (κ2) is 5.17. The second-order valence-corrected chi connectivity index (χ2v) is 5.32. The summed E-state index contributed by atoms with van der Waals surface area (Å²) >= 11 is 12.6. The molecule has 0 saturated heterocycles. The Balaban J connectivity index is 2.23. The topological polar surface area (TPSA) is 24.9 Å². The van der Waals surface area contributed by atoms with Gasteiger partial charge in [0.05, 0.1) is 9.50 Å². The molecule has 2 rings (SSSR count). The fourth-order valence-corrected chi connectivity index (χ4v) is 2.18. The van der Waals surface area contributed by atoms with Gasteiger partial charge in [-0.3, -0.25) is 0 Å². The van der Waals surface area contributed by atoms with Gasteiger partial charge >= 0.3 is 0 Å². The minimum Gasteiger partial charge on any atom is -0.339 e. The van der Waals surface area contributed by atoms with Crippen LogP contribution in [0.25, 0.3) is 0 Å². The molecule has 0 atom stereocenters. The first-order chi connectivity index (χ1) is 7.65. The van der Waals surface area contributed by atoms with E-state index in [0.29, 0.717) is 5.02 Å². The van der Waals surface area contributed by atoms with Crippen LogP contribution in [0.4, 0.5) is 11.5 Å². The maximum Gasteiger partial charge on any atom is 0.144 e. The van der Waals surface area contributed by atoms with Crippen LogP contribution in [0.5, 0.6) is 0 Å². The number of rotatable bonds is 2. The van der Waals surface area contributed by atoms with E-state index in [1.165, 1.54) is 0 Å². The Morgan fingerprint density at radius 1 is 1.12 bits per heavy atom. The minimum atomic E-state index is 0.605. The van der Waals surface area contributed by atoms with Crippen molar-refractivity contribution < 1.29 is 0 Å². The summed E-state index contributed by atoms with van der Waals surface area (Å²) in [7, 11) is 0. The third kappa shape index (κ3) is 2.97. The van der Waals surface area contributed by atoms with Crippen LogP contribution in [-0.4, -0.2) is 4.98 Å². The van der Waals surface area contributed by atoms with E-state index >= 15 is 0 Å². The second-order valence-electron chi connectivity index (χ2n) is 3.12. The molecular weight excluding hydrogens is 355 g/mol. The van der Waals surface area contributed by atoms with Gasteiger partial charge in [-0.2, -0.15) is 0 Å². The largest absolute Gasteiger partial charge is 0.339 e. The van der Waals surface area contributed by atoms with Crippen molar-refractivity contribution in [1.82, 2.24) is 4.98 Å². The molecule has 0 aliphatic rings. The zero-order valence-electron chi connectivity index (χ0n) is 8.05. The Kier molecular flexibility index (Phi) is 3.84. The van der Waals surface area contributed by atoms with Crippen LogP contribution in [-0.2, 0) is 0 Å². The lowest BCUT2D eigenvalue weighted by Gasteiger charge is -2.07. The van der Waals surface area contributed by atoms with Gasteiger partial charge in [0.15, 0.2) is 0 Å². The standard InChI is InChI=1S/C11H7Br2ClN2/c12-7-1-3-9(4-2-7)16-11-10(13)5-8(14)6-15-11/h1-6H,(H,15,16). The molecule has 0 unspecified atom stereocenters. The van der Waals surface area contributed by atoms with Crippen molar-refractivity contribution in [2.45, 2.75) is 0 Å². The molecule has 5 heteroatoms. The average molecular weight is 362 g/mol. The van der Waals surface area contributed by atoms with Crippen molar-refractivity contribution in [3.8, 4) is 0 Å². The van der Waals surface area contributed by atoms with Crippen molar-refractivity contribution in [3.63, 3.8) is 0 Å². The predicted octanol–water partition coefficient (Wildman–Crippen LogP) is 5.00. The zero-order chi connectivity index (χ0) is 11.5. The van der Waals surface area contributed by atoms with Crippen LogP contribution in [0.3, 0.4) is 0 Å². The monoisotopic (exact) mass is 360 g/mol. The van der Waals surface area contributed by atoms with Gasteiger partial charge in [0, 0.05) is 16.4 Å². The van der Waals surface area contributed by atoms with Crippen LogP contribution < -0.4 is 5.32 Å². The summed E-state index contributed by atoms with van der Waals surface area (Å²) < 4.78 is 1.88. The van der Waals surface area contributed by atoms with Gasteiger partial charge in [-0.1, -0.05) is 27.5 Å². The Bertz CT molecular complexity index is 500. The Morgan fingerprint density at radius 3 is 2.44 bits per heavy atom. The molecule has 0 fully saturated rings. The van der Waals surface area contributed by atoms with Crippen molar-refractivity contribution >= 4 is 55.0 Å². The Labute approximate surface area is 115 Å². The highest BCUT2D eigenvalue weighted by atomic mass is 79.9. The highest BCUT2D eigenvalue weighted by Crippen LogP contribution is 2.26. The third-order valence-corrected chi connectivity index (χ3v) is 3.25. The van der Waals surface area contributed by atoms with E-state index in [0.717, 1.165) is 20.5 Å². The lowest BCUT2D eigenvalue weighted by Crippen LogP contribution is -1.94. The molecular formula is C11H7Br2ClN2. The van der Waals surface area contributed by atoms with Crippen molar-refractivity contribution in [2.75, 3.05) is 5.32 Å². The van der Waals surface area contributed by atoms with Gasteiger partial charge in [-0.25, -0.2) is 4.98 Å². The molecule has 0 saturated carbocycles. The van der Waals surface area contributed by atoms with E-state index in [-0.39, 0.29) is 0 Å². The van der Waals surface area contributed by atoms with E-state index in [2.05, 4.69) is 42.2 Å². The first kappa shape index (κ1) is 11.9. The number of halogens is 3. The number of benzene rings is 1. The molecule has 0 amide bonds. The van der Waals surface area contributed by atoms with Crippen molar-refractivity contribution in [2.24, 2.45) is 0 Å². The van der Waals surface area contributed by atoms with Gasteiger partial charge in [0.1, 0.15) is 5.82 Å². The summed E-state index contributed by atoms with van der Waals surface area (Å²) in [5.74, 6) is 0.742. The average Bonchev–Trinajstić information content (AvgIpc) is 2.25. The van der Waals surface area contributed by atoms with Crippen LogP contribution in [0.15, 0.2) is 45.5 Å². The summed E-state index contributed by atoms with van der Waals surface area (Å²) in [5.41, 5.74) is 0.971. The number of pyridine rings is 1. The summed E-state index contributed by atoms with van der Waals surface area (Å²) in [4.78, 5) is 4.19. The molecule has 0 spiro atoms. The number of nitrogens with zero attached hydrogens (tertiary/aromatic N) is 1. The number of hydrogen-bond donors (Lipinski definition) is 1. The molecule has 0 aliphatic heterocycles. The van der Waals surface area contributed by atoms with Crippen LogP contribution in [0.1, 0.15) is 0 Å². The summed E-state index contributed by atoms with van der Waals surface area (Å²) in [6.07, 6.45) is 1.60. The highest BCUT2D eigenvalue weighted by Gasteiger charge is 2.02. The highest BCUT2D eigenvalue weighted by molar-refractivity contribution is 9.10. The third-order valence-electron chi connectivity index (χ3n) is 1.91. The summed E-state index contributed by atoms with van der Waals surface area (Å²) in [5, 5.41) is 3.79. The molecule has 1 heterocycles. The number of hydrogen-bond acceptors (Lipinski definition) is 2. The molecule has 1 N–H and O–H groups in total. The van der Waals surface area contributed by atoms with E-state index in [1.807, 2.05) is 24.3 Å². The van der Waals surface area contributed by atoms with Gasteiger partial charge in [0.2, 0.25) is 0 Å². The first-order valence-electron chi connectivity index (χ1n) is 4.49. The molecule has 2 nitrogen and oxygen atoms in total. The van der Waals surface area contributed by atoms with Gasteiger partial charge in [-0.15, -0.1) is 0 Å². The van der Waals surface area contributed by atoms with Crippen molar-refractivity contribution in [3.05, 3.63) is 50.5 Å². The fourth-order valence-electron chi connectivity index (χ4n) is 1.18. The molecule has 1 aromatic carbocycles. The molecule has 2 aromatic rings. The van der Waals surface area contributed by atoms with Gasteiger partial charge in [-0.05, 0) is 46.3 Å². The van der Waals surface area contributed by atoms with E-state index in [9.17, 15) is 0 Å². The summed E-state index contributed by atoms with van der Waals surface area (Å²) in [6.45, 7) is 0. The van der Waals surface area contributed by atoms with Crippen LogP contribution >= 0.6 is 43.5 Å². The van der Waals surface area contributed by atoms with E-state index < -0.39 is 0 Å². The normalized spacial score (nSPS) is 10.2. The number of nitrogens with one attached hydrogen (secondary N) is 1. The van der Waals surface area contributed by atoms with Crippen molar-refractivity contribution in [1.29, 1.82) is 0 Å². The maximum absolute atomic E-state index is 5.81. The smallest absolute Gasteiger partial charge is 0.144 e. The van der Waals surface area contributed by atoms with Crippen LogP contribution in [0, 0.1) is 0 Å². The van der Waals surface area contributed by atoms with Gasteiger partial charge in [0.25, 0.3) is 0 Å². The van der Waals surface area contributed by atoms with Crippen LogP contribution in [0.2, 0.25) is 5.02 Å². The maximum atomic E-state index is 5.81. The predicted molar refractivity (Wildman–Crippen MR) is 74.4 cm³/mol. The fraction of sp³-hybridized carbons (Fsp3) is 0.